The van der Waals surface area contributed by atoms with E-state index < -0.39 is 0 Å². The van der Waals surface area contributed by atoms with E-state index >= 15 is 0 Å². The average Bonchev–Trinajstić information content (AvgIpc) is 3.99. The number of benzene rings is 6. The lowest BCUT2D eigenvalue weighted by Crippen LogP contribution is -2.09. The molecule has 0 N–H and O–H groups in total. The van der Waals surface area contributed by atoms with Crippen molar-refractivity contribution in [3.05, 3.63) is 161 Å². The predicted molar refractivity (Wildman–Crippen MR) is 220 cm³/mol. The third-order valence-electron chi connectivity index (χ3n) is 8.77. The molecular weight excluding hydrogens is 699 g/mol. The van der Waals surface area contributed by atoms with Crippen LogP contribution in [0.15, 0.2) is 127 Å². The van der Waals surface area contributed by atoms with Crippen molar-refractivity contribution in [1.29, 1.82) is 0 Å². The molecule has 9 rings (SSSR count). The average molecular weight is 726 g/mol. The summed E-state index contributed by atoms with van der Waals surface area (Å²) >= 11 is 3.72. The Kier molecular flexibility index (Phi) is 8.67. The Labute approximate surface area is 312 Å². The van der Waals surface area contributed by atoms with Crippen LogP contribution in [-0.2, 0) is 0 Å². The molecule has 0 bridgehead atoms. The number of anilines is 3. The van der Waals surface area contributed by atoms with E-state index in [-0.39, 0.29) is 0 Å². The van der Waals surface area contributed by atoms with E-state index in [0.717, 1.165) is 83.5 Å². The van der Waals surface area contributed by atoms with Gasteiger partial charge in [-0.15, -0.1) is 0 Å². The monoisotopic (exact) mass is 725 g/mol. The van der Waals surface area contributed by atoms with Gasteiger partial charge in [-0.05, 0) is 71.3 Å². The number of nitrogens with zero attached hydrogens (tertiary/aromatic N) is 7. The first-order chi connectivity index (χ1) is 25.7. The standard InChI is InChI=1S/C42H27N7S3/c1-4-31(40-37(7-1)43-50-46-40)19-10-28-13-22-34(23-14-28)49(35-24-15-29(16-25-35)11-20-32-5-2-8-38-41(32)47-51-44-38)36-26-17-30(18-27-36)12-21-33-6-3-9-39-42(33)48-52-45-39/h1-27H. The maximum absolute atomic E-state index is 4.48. The Morgan fingerprint density at radius 3 is 0.942 bits per heavy atom. The first kappa shape index (κ1) is 31.8. The summed E-state index contributed by atoms with van der Waals surface area (Å²) in [5.41, 5.74) is 15.2. The van der Waals surface area contributed by atoms with E-state index in [9.17, 15) is 0 Å². The van der Waals surface area contributed by atoms with Gasteiger partial charge < -0.3 is 4.90 Å². The molecule has 3 heterocycles. The molecule has 248 valence electrons. The molecule has 6 aromatic carbocycles. The van der Waals surface area contributed by atoms with Crippen molar-refractivity contribution in [3.63, 3.8) is 0 Å². The zero-order valence-corrected chi connectivity index (χ0v) is 29.9. The molecule has 52 heavy (non-hydrogen) atoms. The van der Waals surface area contributed by atoms with E-state index in [1.54, 1.807) is 0 Å². The van der Waals surface area contributed by atoms with Gasteiger partial charge in [-0.25, -0.2) is 0 Å². The lowest BCUT2D eigenvalue weighted by Gasteiger charge is -2.26. The SMILES string of the molecule is C(=Cc1cccc2nsnc12)c1ccc(N(c2ccc(C=Cc3cccc4nsnc34)cc2)c2ccc(C=Cc3cccc4nsnc34)cc2)cc1. The van der Waals surface area contributed by atoms with Crippen molar-refractivity contribution < 1.29 is 0 Å². The Morgan fingerprint density at radius 2 is 0.635 bits per heavy atom. The summed E-state index contributed by atoms with van der Waals surface area (Å²) < 4.78 is 26.5. The molecule has 0 unspecified atom stereocenters. The van der Waals surface area contributed by atoms with Crippen LogP contribution < -0.4 is 4.90 Å². The summed E-state index contributed by atoms with van der Waals surface area (Å²) in [6, 6.07) is 44.1. The van der Waals surface area contributed by atoms with Gasteiger partial charge in [0.15, 0.2) is 0 Å². The lowest BCUT2D eigenvalue weighted by molar-refractivity contribution is 1.28. The fourth-order valence-electron chi connectivity index (χ4n) is 6.09. The third kappa shape index (κ3) is 6.54. The highest BCUT2D eigenvalue weighted by atomic mass is 32.1. The van der Waals surface area contributed by atoms with Crippen LogP contribution >= 0.6 is 35.2 Å². The molecule has 10 heteroatoms. The largest absolute Gasteiger partial charge is 0.311 e. The summed E-state index contributed by atoms with van der Waals surface area (Å²) in [4.78, 5) is 2.28. The number of aromatic nitrogens is 6. The summed E-state index contributed by atoms with van der Waals surface area (Å²) in [6.07, 6.45) is 12.7. The fourth-order valence-corrected chi connectivity index (χ4v) is 7.76. The number of hydrogen-bond acceptors (Lipinski definition) is 10. The second kappa shape index (κ2) is 14.2. The molecule has 0 saturated carbocycles. The van der Waals surface area contributed by atoms with Crippen LogP contribution in [0, 0.1) is 0 Å². The topological polar surface area (TPSA) is 80.6 Å². The second-order valence-corrected chi connectivity index (χ2v) is 13.6. The highest BCUT2D eigenvalue weighted by Gasteiger charge is 2.13. The molecule has 0 aliphatic rings. The zero-order chi connectivity index (χ0) is 34.7. The smallest absolute Gasteiger partial charge is 0.112 e. The normalized spacial score (nSPS) is 12.0. The minimum Gasteiger partial charge on any atom is -0.311 e. The van der Waals surface area contributed by atoms with Crippen LogP contribution in [-0.4, -0.2) is 26.2 Å². The van der Waals surface area contributed by atoms with Crippen molar-refractivity contribution >= 4 is 122 Å². The molecule has 9 aromatic rings. The van der Waals surface area contributed by atoms with Crippen LogP contribution in [0.1, 0.15) is 33.4 Å². The lowest BCUT2D eigenvalue weighted by atomic mass is 10.1. The van der Waals surface area contributed by atoms with E-state index in [2.05, 4.69) is 159 Å². The van der Waals surface area contributed by atoms with Gasteiger partial charge in [0.05, 0.1) is 35.2 Å². The van der Waals surface area contributed by atoms with Gasteiger partial charge in [0.2, 0.25) is 0 Å². The van der Waals surface area contributed by atoms with E-state index in [0.29, 0.717) is 0 Å². The second-order valence-electron chi connectivity index (χ2n) is 12.0. The maximum Gasteiger partial charge on any atom is 0.112 e. The molecule has 0 aliphatic carbocycles. The number of fused-ring (bicyclic) bond motifs is 3. The Morgan fingerprint density at radius 1 is 0.327 bits per heavy atom. The van der Waals surface area contributed by atoms with Crippen LogP contribution in [0.5, 0.6) is 0 Å². The molecule has 0 amide bonds. The van der Waals surface area contributed by atoms with E-state index in [1.807, 2.05) is 36.4 Å². The molecule has 7 nitrogen and oxygen atoms in total. The number of hydrogen-bond donors (Lipinski definition) is 0. The third-order valence-corrected chi connectivity index (χ3v) is 10.4. The van der Waals surface area contributed by atoms with Crippen molar-refractivity contribution in [2.24, 2.45) is 0 Å². The van der Waals surface area contributed by atoms with Crippen LogP contribution in [0.4, 0.5) is 17.1 Å². The minimum atomic E-state index is 0.921. The summed E-state index contributed by atoms with van der Waals surface area (Å²) in [5, 5.41) is 0. The Hall–Kier alpha value is -6.20. The first-order valence-electron chi connectivity index (χ1n) is 16.5. The van der Waals surface area contributed by atoms with Crippen molar-refractivity contribution in [2.75, 3.05) is 4.90 Å². The Balaban J connectivity index is 1.01. The maximum atomic E-state index is 4.48. The van der Waals surface area contributed by atoms with Gasteiger partial charge in [-0.3, -0.25) is 0 Å². The van der Waals surface area contributed by atoms with Gasteiger partial charge >= 0.3 is 0 Å². The number of rotatable bonds is 9. The van der Waals surface area contributed by atoms with Gasteiger partial charge in [-0.1, -0.05) is 109 Å². The van der Waals surface area contributed by atoms with Gasteiger partial charge in [0, 0.05) is 33.8 Å². The first-order valence-corrected chi connectivity index (χ1v) is 18.7. The van der Waals surface area contributed by atoms with Crippen LogP contribution in [0.25, 0.3) is 69.6 Å². The molecule has 3 aromatic heterocycles. The predicted octanol–water partition coefficient (Wildman–Crippen LogP) is 11.7. The Bertz CT molecular complexity index is 2440. The highest BCUT2D eigenvalue weighted by Crippen LogP contribution is 2.35. The van der Waals surface area contributed by atoms with Crippen molar-refractivity contribution in [3.8, 4) is 0 Å². The van der Waals surface area contributed by atoms with Gasteiger partial charge in [0.1, 0.15) is 33.1 Å². The molecule has 0 saturated heterocycles. The van der Waals surface area contributed by atoms with Crippen LogP contribution in [0.3, 0.4) is 0 Å². The molecule has 0 atom stereocenters. The minimum absolute atomic E-state index is 0.921. The zero-order valence-electron chi connectivity index (χ0n) is 27.4. The summed E-state index contributed by atoms with van der Waals surface area (Å²) in [7, 11) is 0. The molecular formula is C42H27N7S3. The van der Waals surface area contributed by atoms with Crippen molar-refractivity contribution in [2.45, 2.75) is 0 Å². The summed E-state index contributed by atoms with van der Waals surface area (Å²) in [5.74, 6) is 0. The fraction of sp³-hybridized carbons (Fsp3) is 0. The molecule has 0 aliphatic heterocycles. The van der Waals surface area contributed by atoms with Crippen LogP contribution in [0.2, 0.25) is 0 Å². The van der Waals surface area contributed by atoms with E-state index in [4.69, 9.17) is 0 Å². The van der Waals surface area contributed by atoms with Crippen molar-refractivity contribution in [1.82, 2.24) is 26.2 Å². The molecule has 0 spiro atoms. The van der Waals surface area contributed by atoms with Gasteiger partial charge in [0.25, 0.3) is 0 Å². The van der Waals surface area contributed by atoms with Gasteiger partial charge in [-0.2, -0.15) is 26.2 Å². The highest BCUT2D eigenvalue weighted by molar-refractivity contribution is 7.00. The van der Waals surface area contributed by atoms with E-state index in [1.165, 1.54) is 35.2 Å². The molecule has 0 fully saturated rings. The quantitative estimate of drug-likeness (QED) is 0.137. The molecule has 0 radical (unpaired) electrons. The summed E-state index contributed by atoms with van der Waals surface area (Å²) in [6.45, 7) is 0.